The van der Waals surface area contributed by atoms with Crippen molar-refractivity contribution in [3.8, 4) is 17.2 Å². The third-order valence-corrected chi connectivity index (χ3v) is 5.00. The third-order valence-electron chi connectivity index (χ3n) is 5.00. The van der Waals surface area contributed by atoms with Crippen LogP contribution in [0.4, 0.5) is 5.95 Å². The summed E-state index contributed by atoms with van der Waals surface area (Å²) in [6.07, 6.45) is 3.68. The highest BCUT2D eigenvalue weighted by atomic mass is 16.5. The SMILES string of the molecule is COc1cccc(-c2nc(CC(=O)N3CCN(c4ncccn4)CC3)c(C)o2)c1. The second-order valence-electron chi connectivity index (χ2n) is 6.85. The Kier molecular flexibility index (Phi) is 5.41. The van der Waals surface area contributed by atoms with E-state index in [1.807, 2.05) is 36.1 Å². The van der Waals surface area contributed by atoms with E-state index in [4.69, 9.17) is 9.15 Å². The molecule has 3 aromatic rings. The number of hydrogen-bond acceptors (Lipinski definition) is 7. The van der Waals surface area contributed by atoms with E-state index in [0.717, 1.165) is 11.3 Å². The fourth-order valence-electron chi connectivity index (χ4n) is 3.34. The number of ether oxygens (including phenoxy) is 1. The van der Waals surface area contributed by atoms with Gasteiger partial charge in [0.15, 0.2) is 0 Å². The highest BCUT2D eigenvalue weighted by Gasteiger charge is 2.24. The molecule has 0 spiro atoms. The molecule has 0 unspecified atom stereocenters. The second-order valence-corrected chi connectivity index (χ2v) is 6.85. The van der Waals surface area contributed by atoms with Gasteiger partial charge < -0.3 is 19.0 Å². The minimum absolute atomic E-state index is 0.0484. The molecule has 3 heterocycles. The summed E-state index contributed by atoms with van der Waals surface area (Å²) in [4.78, 5) is 29.8. The molecule has 0 saturated carbocycles. The van der Waals surface area contributed by atoms with Crippen molar-refractivity contribution >= 4 is 11.9 Å². The van der Waals surface area contributed by atoms with E-state index in [9.17, 15) is 4.79 Å². The molecule has 4 rings (SSSR count). The number of carbonyl (C=O) groups excluding carboxylic acids is 1. The summed E-state index contributed by atoms with van der Waals surface area (Å²) in [5, 5.41) is 0. The predicted molar refractivity (Wildman–Crippen MR) is 108 cm³/mol. The highest BCUT2D eigenvalue weighted by Crippen LogP contribution is 2.25. The van der Waals surface area contributed by atoms with Crippen LogP contribution < -0.4 is 9.64 Å². The lowest BCUT2D eigenvalue weighted by Gasteiger charge is -2.34. The summed E-state index contributed by atoms with van der Waals surface area (Å²) in [5.74, 6) is 2.64. The van der Waals surface area contributed by atoms with Crippen molar-refractivity contribution in [2.24, 2.45) is 0 Å². The van der Waals surface area contributed by atoms with Crippen molar-refractivity contribution in [1.29, 1.82) is 0 Å². The zero-order chi connectivity index (χ0) is 20.2. The highest BCUT2D eigenvalue weighted by molar-refractivity contribution is 5.79. The maximum atomic E-state index is 12.8. The van der Waals surface area contributed by atoms with Crippen LogP contribution in [0.25, 0.3) is 11.5 Å². The maximum absolute atomic E-state index is 12.8. The van der Waals surface area contributed by atoms with E-state index >= 15 is 0 Å². The van der Waals surface area contributed by atoms with Gasteiger partial charge in [-0.1, -0.05) is 6.07 Å². The fourth-order valence-corrected chi connectivity index (χ4v) is 3.34. The van der Waals surface area contributed by atoms with Crippen molar-refractivity contribution < 1.29 is 13.9 Å². The summed E-state index contributed by atoms with van der Waals surface area (Å²) < 4.78 is 11.1. The molecule has 0 N–H and O–H groups in total. The number of anilines is 1. The van der Waals surface area contributed by atoms with Gasteiger partial charge in [0.05, 0.1) is 19.2 Å². The number of oxazole rings is 1. The molecule has 2 aromatic heterocycles. The van der Waals surface area contributed by atoms with Crippen LogP contribution in [0.15, 0.2) is 47.1 Å². The molecule has 0 radical (unpaired) electrons. The maximum Gasteiger partial charge on any atom is 0.228 e. The second kappa shape index (κ2) is 8.30. The number of rotatable bonds is 5. The molecule has 0 bridgehead atoms. The van der Waals surface area contributed by atoms with Gasteiger partial charge in [-0.05, 0) is 31.2 Å². The van der Waals surface area contributed by atoms with E-state index in [1.54, 1.807) is 25.6 Å². The first kappa shape index (κ1) is 18.9. The molecule has 1 saturated heterocycles. The molecular weight excluding hydrogens is 370 g/mol. The Balaban J connectivity index is 1.39. The lowest BCUT2D eigenvalue weighted by molar-refractivity contribution is -0.130. The van der Waals surface area contributed by atoms with Crippen LogP contribution in [-0.4, -0.2) is 59.0 Å². The number of aryl methyl sites for hydroxylation is 1. The normalized spacial score (nSPS) is 14.1. The van der Waals surface area contributed by atoms with E-state index in [-0.39, 0.29) is 12.3 Å². The van der Waals surface area contributed by atoms with E-state index in [1.165, 1.54) is 0 Å². The molecule has 1 aromatic carbocycles. The number of methoxy groups -OCH3 is 1. The molecule has 0 aliphatic carbocycles. The average molecular weight is 393 g/mol. The molecule has 0 atom stereocenters. The number of piperazine rings is 1. The molecule has 29 heavy (non-hydrogen) atoms. The van der Waals surface area contributed by atoms with Crippen molar-refractivity contribution in [2.75, 3.05) is 38.2 Å². The van der Waals surface area contributed by atoms with Crippen LogP contribution in [0.1, 0.15) is 11.5 Å². The van der Waals surface area contributed by atoms with Crippen LogP contribution >= 0.6 is 0 Å². The molecule has 1 amide bonds. The summed E-state index contributed by atoms with van der Waals surface area (Å²) in [7, 11) is 1.62. The van der Waals surface area contributed by atoms with Gasteiger partial charge in [-0.2, -0.15) is 0 Å². The predicted octanol–water partition coefficient (Wildman–Crippen LogP) is 2.34. The van der Waals surface area contributed by atoms with Crippen molar-refractivity contribution in [1.82, 2.24) is 19.9 Å². The number of carbonyl (C=O) groups is 1. The Morgan fingerprint density at radius 3 is 2.62 bits per heavy atom. The van der Waals surface area contributed by atoms with E-state index in [2.05, 4.69) is 19.9 Å². The Labute approximate surface area is 169 Å². The van der Waals surface area contributed by atoms with Crippen LogP contribution in [0.3, 0.4) is 0 Å². The van der Waals surface area contributed by atoms with Crippen LogP contribution in [0, 0.1) is 6.92 Å². The zero-order valence-corrected chi connectivity index (χ0v) is 16.5. The number of benzene rings is 1. The van der Waals surface area contributed by atoms with Crippen molar-refractivity contribution in [3.05, 3.63) is 54.2 Å². The van der Waals surface area contributed by atoms with Gasteiger partial charge in [0, 0.05) is 44.1 Å². The molecule has 8 nitrogen and oxygen atoms in total. The lowest BCUT2D eigenvalue weighted by atomic mass is 10.2. The Morgan fingerprint density at radius 1 is 1.14 bits per heavy atom. The summed E-state index contributed by atoms with van der Waals surface area (Å²) in [6.45, 7) is 4.53. The third kappa shape index (κ3) is 4.21. The monoisotopic (exact) mass is 393 g/mol. The number of amides is 1. The summed E-state index contributed by atoms with van der Waals surface area (Å²) in [5.41, 5.74) is 1.49. The molecule has 150 valence electrons. The van der Waals surface area contributed by atoms with Crippen LogP contribution in [0.2, 0.25) is 0 Å². The van der Waals surface area contributed by atoms with Crippen LogP contribution in [-0.2, 0) is 11.2 Å². The number of aromatic nitrogens is 3. The number of hydrogen-bond donors (Lipinski definition) is 0. The lowest BCUT2D eigenvalue weighted by Crippen LogP contribution is -2.49. The summed E-state index contributed by atoms with van der Waals surface area (Å²) in [6, 6.07) is 9.31. The van der Waals surface area contributed by atoms with E-state index in [0.29, 0.717) is 49.5 Å². The fraction of sp³-hybridized carbons (Fsp3) is 0.333. The van der Waals surface area contributed by atoms with Gasteiger partial charge in [0.2, 0.25) is 17.7 Å². The minimum atomic E-state index is 0.0484. The van der Waals surface area contributed by atoms with Gasteiger partial charge in [0.1, 0.15) is 11.5 Å². The first-order valence-electron chi connectivity index (χ1n) is 9.54. The molecule has 1 aliphatic heterocycles. The minimum Gasteiger partial charge on any atom is -0.497 e. The largest absolute Gasteiger partial charge is 0.497 e. The van der Waals surface area contributed by atoms with Crippen molar-refractivity contribution in [2.45, 2.75) is 13.3 Å². The molecular formula is C21H23N5O3. The zero-order valence-electron chi connectivity index (χ0n) is 16.5. The van der Waals surface area contributed by atoms with Crippen molar-refractivity contribution in [3.63, 3.8) is 0 Å². The Hall–Kier alpha value is -3.42. The quantitative estimate of drug-likeness (QED) is 0.658. The van der Waals surface area contributed by atoms with Gasteiger partial charge in [0.25, 0.3) is 0 Å². The number of nitrogens with zero attached hydrogens (tertiary/aromatic N) is 5. The van der Waals surface area contributed by atoms with Gasteiger partial charge in [-0.15, -0.1) is 0 Å². The van der Waals surface area contributed by atoms with Gasteiger partial charge in [-0.3, -0.25) is 4.79 Å². The Bertz CT molecular complexity index is 981. The topological polar surface area (TPSA) is 84.6 Å². The van der Waals surface area contributed by atoms with Gasteiger partial charge >= 0.3 is 0 Å². The molecule has 1 aliphatic rings. The Morgan fingerprint density at radius 2 is 1.90 bits per heavy atom. The smallest absolute Gasteiger partial charge is 0.228 e. The standard InChI is InChI=1S/C21H23N5O3/c1-15-18(24-20(29-15)16-5-3-6-17(13-16)28-2)14-19(27)25-9-11-26(12-10-25)21-22-7-4-8-23-21/h3-8,13H,9-12,14H2,1-2H3. The summed E-state index contributed by atoms with van der Waals surface area (Å²) >= 11 is 0. The average Bonchev–Trinajstić information content (AvgIpc) is 3.14. The molecule has 1 fully saturated rings. The van der Waals surface area contributed by atoms with Gasteiger partial charge in [-0.25, -0.2) is 15.0 Å². The first-order valence-corrected chi connectivity index (χ1v) is 9.54. The first-order chi connectivity index (χ1) is 14.1. The van der Waals surface area contributed by atoms with E-state index < -0.39 is 0 Å². The van der Waals surface area contributed by atoms with Crippen LogP contribution in [0.5, 0.6) is 5.75 Å². The molecule has 8 heteroatoms.